The number of nitrogens with zero attached hydrogens (tertiary/aromatic N) is 4. The molecule has 0 aliphatic rings. The second-order valence-corrected chi connectivity index (χ2v) is 3.48. The van der Waals surface area contributed by atoms with E-state index in [-0.39, 0.29) is 11.4 Å². The summed E-state index contributed by atoms with van der Waals surface area (Å²) in [6, 6.07) is 0. The van der Waals surface area contributed by atoms with Crippen LogP contribution < -0.4 is 5.73 Å². The van der Waals surface area contributed by atoms with Crippen molar-refractivity contribution in [2.75, 3.05) is 12.8 Å². The SMILES string of the molecule is COC(=O)c1c(C)nc(-c2cnccn2)nc1N. The van der Waals surface area contributed by atoms with E-state index in [0.717, 1.165) is 0 Å². The van der Waals surface area contributed by atoms with Crippen molar-refractivity contribution in [3.8, 4) is 11.5 Å². The Bertz CT molecular complexity index is 562. The van der Waals surface area contributed by atoms with Crippen LogP contribution in [0.15, 0.2) is 18.6 Å². The monoisotopic (exact) mass is 245 g/mol. The van der Waals surface area contributed by atoms with E-state index in [4.69, 9.17) is 5.73 Å². The first kappa shape index (κ1) is 11.9. The largest absolute Gasteiger partial charge is 0.465 e. The van der Waals surface area contributed by atoms with Crippen LogP contribution in [0.4, 0.5) is 5.82 Å². The van der Waals surface area contributed by atoms with Gasteiger partial charge in [0.1, 0.15) is 17.1 Å². The lowest BCUT2D eigenvalue weighted by Crippen LogP contribution is -2.12. The standard InChI is InChI=1S/C11H11N5O2/c1-6-8(11(17)18-2)9(12)16-10(15-6)7-5-13-3-4-14-7/h3-5H,1-2H3,(H2,12,15,16). The Morgan fingerprint density at radius 1 is 1.33 bits per heavy atom. The number of ether oxygens (including phenoxy) is 1. The van der Waals surface area contributed by atoms with Crippen LogP contribution in [0.3, 0.4) is 0 Å². The number of carbonyl (C=O) groups is 1. The van der Waals surface area contributed by atoms with Crippen LogP contribution in [0.2, 0.25) is 0 Å². The maximum Gasteiger partial charge on any atom is 0.343 e. The third kappa shape index (κ3) is 2.10. The Labute approximate surface area is 103 Å². The van der Waals surface area contributed by atoms with Crippen LogP contribution in [-0.4, -0.2) is 33.0 Å². The maximum atomic E-state index is 11.5. The number of aromatic nitrogens is 4. The summed E-state index contributed by atoms with van der Waals surface area (Å²) in [6.07, 6.45) is 4.59. The van der Waals surface area contributed by atoms with Crippen molar-refractivity contribution in [3.05, 3.63) is 29.8 Å². The van der Waals surface area contributed by atoms with E-state index in [1.54, 1.807) is 13.1 Å². The van der Waals surface area contributed by atoms with Crippen molar-refractivity contribution in [1.82, 2.24) is 19.9 Å². The second-order valence-electron chi connectivity index (χ2n) is 3.48. The number of nitrogen functional groups attached to an aromatic ring is 1. The highest BCUT2D eigenvalue weighted by Gasteiger charge is 2.18. The average Bonchev–Trinajstić information content (AvgIpc) is 2.38. The molecule has 0 atom stereocenters. The molecule has 0 amide bonds. The van der Waals surface area contributed by atoms with Gasteiger partial charge in [-0.3, -0.25) is 4.98 Å². The summed E-state index contributed by atoms with van der Waals surface area (Å²) in [5.74, 6) is -0.170. The zero-order chi connectivity index (χ0) is 13.1. The minimum Gasteiger partial charge on any atom is -0.465 e. The van der Waals surface area contributed by atoms with Crippen molar-refractivity contribution in [1.29, 1.82) is 0 Å². The van der Waals surface area contributed by atoms with Crippen LogP contribution in [-0.2, 0) is 4.74 Å². The van der Waals surface area contributed by atoms with E-state index < -0.39 is 5.97 Å². The second kappa shape index (κ2) is 4.74. The predicted octanol–water partition coefficient (Wildman–Crippen LogP) is 0.611. The predicted molar refractivity (Wildman–Crippen MR) is 63.5 cm³/mol. The molecule has 0 saturated carbocycles. The fourth-order valence-electron chi connectivity index (χ4n) is 1.48. The molecule has 2 heterocycles. The summed E-state index contributed by atoms with van der Waals surface area (Å²) < 4.78 is 4.62. The number of hydrogen-bond donors (Lipinski definition) is 1. The summed E-state index contributed by atoms with van der Waals surface area (Å²) in [7, 11) is 1.28. The number of carbonyl (C=O) groups excluding carboxylic acids is 1. The molecule has 0 aliphatic carbocycles. The molecule has 0 bridgehead atoms. The Morgan fingerprint density at radius 3 is 2.67 bits per heavy atom. The molecule has 0 aliphatic heterocycles. The molecule has 2 N–H and O–H groups in total. The topological polar surface area (TPSA) is 104 Å². The van der Waals surface area contributed by atoms with E-state index in [2.05, 4.69) is 24.7 Å². The molecule has 18 heavy (non-hydrogen) atoms. The van der Waals surface area contributed by atoms with E-state index in [0.29, 0.717) is 17.2 Å². The van der Waals surface area contributed by atoms with Gasteiger partial charge in [-0.15, -0.1) is 0 Å². The maximum absolute atomic E-state index is 11.5. The number of aryl methyl sites for hydroxylation is 1. The Kier molecular flexibility index (Phi) is 3.13. The highest BCUT2D eigenvalue weighted by molar-refractivity contribution is 5.95. The highest BCUT2D eigenvalue weighted by Crippen LogP contribution is 2.18. The molecular formula is C11H11N5O2. The van der Waals surface area contributed by atoms with Gasteiger partial charge in [0.2, 0.25) is 0 Å². The number of nitrogens with two attached hydrogens (primary N) is 1. The minimum atomic E-state index is -0.560. The van der Waals surface area contributed by atoms with Gasteiger partial charge in [0.25, 0.3) is 0 Å². The minimum absolute atomic E-state index is 0.0648. The van der Waals surface area contributed by atoms with E-state index >= 15 is 0 Å². The molecule has 2 rings (SSSR count). The van der Waals surface area contributed by atoms with E-state index in [1.165, 1.54) is 19.5 Å². The Morgan fingerprint density at radius 2 is 2.11 bits per heavy atom. The summed E-state index contributed by atoms with van der Waals surface area (Å²) in [5, 5.41) is 0. The van der Waals surface area contributed by atoms with Gasteiger partial charge in [-0.25, -0.2) is 19.7 Å². The highest BCUT2D eigenvalue weighted by atomic mass is 16.5. The first-order chi connectivity index (χ1) is 8.63. The van der Waals surface area contributed by atoms with Crippen LogP contribution in [0.25, 0.3) is 11.5 Å². The fraction of sp³-hybridized carbons (Fsp3) is 0.182. The van der Waals surface area contributed by atoms with Gasteiger partial charge in [0.15, 0.2) is 5.82 Å². The zero-order valence-electron chi connectivity index (χ0n) is 9.91. The van der Waals surface area contributed by atoms with Gasteiger partial charge in [-0.05, 0) is 6.92 Å². The Hall–Kier alpha value is -2.57. The molecule has 2 aromatic heterocycles. The average molecular weight is 245 g/mol. The van der Waals surface area contributed by atoms with Crippen molar-refractivity contribution >= 4 is 11.8 Å². The van der Waals surface area contributed by atoms with Crippen LogP contribution >= 0.6 is 0 Å². The fourth-order valence-corrected chi connectivity index (χ4v) is 1.48. The van der Waals surface area contributed by atoms with Gasteiger partial charge in [-0.1, -0.05) is 0 Å². The zero-order valence-corrected chi connectivity index (χ0v) is 9.91. The van der Waals surface area contributed by atoms with Gasteiger partial charge in [0, 0.05) is 12.4 Å². The lowest BCUT2D eigenvalue weighted by Gasteiger charge is -2.07. The molecule has 92 valence electrons. The summed E-state index contributed by atoms with van der Waals surface area (Å²) in [4.78, 5) is 27.7. The molecule has 7 nitrogen and oxygen atoms in total. The molecule has 7 heteroatoms. The molecular weight excluding hydrogens is 234 g/mol. The molecule has 0 fully saturated rings. The first-order valence-corrected chi connectivity index (χ1v) is 5.12. The molecule has 0 unspecified atom stereocenters. The van der Waals surface area contributed by atoms with Crippen molar-refractivity contribution in [2.24, 2.45) is 0 Å². The van der Waals surface area contributed by atoms with Crippen molar-refractivity contribution < 1.29 is 9.53 Å². The smallest absolute Gasteiger partial charge is 0.343 e. The van der Waals surface area contributed by atoms with E-state index in [9.17, 15) is 4.79 Å². The number of esters is 1. The third-order valence-corrected chi connectivity index (χ3v) is 2.30. The van der Waals surface area contributed by atoms with E-state index in [1.807, 2.05) is 0 Å². The number of rotatable bonds is 2. The first-order valence-electron chi connectivity index (χ1n) is 5.12. The van der Waals surface area contributed by atoms with Gasteiger partial charge < -0.3 is 10.5 Å². The van der Waals surface area contributed by atoms with Gasteiger partial charge in [-0.2, -0.15) is 0 Å². The molecule has 0 saturated heterocycles. The third-order valence-electron chi connectivity index (χ3n) is 2.30. The molecule has 0 radical (unpaired) electrons. The van der Waals surface area contributed by atoms with Gasteiger partial charge in [0.05, 0.1) is 19.0 Å². The number of hydrogen-bond acceptors (Lipinski definition) is 7. The molecule has 2 aromatic rings. The summed E-state index contributed by atoms with van der Waals surface area (Å²) >= 11 is 0. The summed E-state index contributed by atoms with van der Waals surface area (Å²) in [5.41, 5.74) is 6.84. The summed E-state index contributed by atoms with van der Waals surface area (Å²) in [6.45, 7) is 1.66. The van der Waals surface area contributed by atoms with Crippen LogP contribution in [0.1, 0.15) is 16.1 Å². The van der Waals surface area contributed by atoms with Crippen LogP contribution in [0, 0.1) is 6.92 Å². The lowest BCUT2D eigenvalue weighted by atomic mass is 10.2. The lowest BCUT2D eigenvalue weighted by molar-refractivity contribution is 0.0600. The molecule has 0 aromatic carbocycles. The van der Waals surface area contributed by atoms with Gasteiger partial charge >= 0.3 is 5.97 Å². The van der Waals surface area contributed by atoms with Crippen molar-refractivity contribution in [2.45, 2.75) is 6.92 Å². The van der Waals surface area contributed by atoms with Crippen molar-refractivity contribution in [3.63, 3.8) is 0 Å². The number of anilines is 1. The van der Waals surface area contributed by atoms with Crippen LogP contribution in [0.5, 0.6) is 0 Å². The quantitative estimate of drug-likeness (QED) is 0.773. The Balaban J connectivity index is 2.53. The molecule has 0 spiro atoms. The number of methoxy groups -OCH3 is 1. The normalized spacial score (nSPS) is 10.1.